The lowest BCUT2D eigenvalue weighted by atomic mass is 10.0. The second-order valence-electron chi connectivity index (χ2n) is 4.31. The summed E-state index contributed by atoms with van der Waals surface area (Å²) in [5, 5.41) is 5.11. The summed E-state index contributed by atoms with van der Waals surface area (Å²) in [6.45, 7) is 2.28. The number of rotatable bonds is 3. The van der Waals surface area contributed by atoms with Crippen molar-refractivity contribution in [3.8, 4) is 0 Å². The first-order chi connectivity index (χ1) is 8.63. The Morgan fingerprint density at radius 3 is 2.89 bits per heavy atom. The Morgan fingerprint density at radius 2 is 2.22 bits per heavy atom. The van der Waals surface area contributed by atoms with Crippen molar-refractivity contribution in [3.05, 3.63) is 22.8 Å². The molecule has 1 saturated heterocycles. The molecular formula is C12H18ClN3S2. The summed E-state index contributed by atoms with van der Waals surface area (Å²) in [4.78, 5) is 4.16. The molecule has 1 fully saturated rings. The lowest BCUT2D eigenvalue weighted by Crippen LogP contribution is -2.36. The van der Waals surface area contributed by atoms with E-state index >= 15 is 0 Å². The standard InChI is InChI=1S/C12H18ClN3S2/c1-7-11(18-4-3-17-7)10(15-2)9-5-8(13)6-16-12(9)14/h5-7,10-11,15H,3-4H2,1-2H3,(H2,14,16). The lowest BCUT2D eigenvalue weighted by Gasteiger charge is -2.34. The van der Waals surface area contributed by atoms with Crippen molar-refractivity contribution < 1.29 is 0 Å². The fourth-order valence-corrected chi connectivity index (χ4v) is 5.37. The molecule has 3 nitrogen and oxygen atoms in total. The van der Waals surface area contributed by atoms with Gasteiger partial charge in [0.05, 0.1) is 5.02 Å². The van der Waals surface area contributed by atoms with E-state index in [0.717, 1.165) is 5.56 Å². The Hall–Kier alpha value is -0.100. The summed E-state index contributed by atoms with van der Waals surface area (Å²) in [6.07, 6.45) is 1.60. The zero-order valence-electron chi connectivity index (χ0n) is 10.5. The van der Waals surface area contributed by atoms with Gasteiger partial charge in [0.1, 0.15) is 5.82 Å². The summed E-state index contributed by atoms with van der Waals surface area (Å²) in [6, 6.07) is 2.13. The van der Waals surface area contributed by atoms with E-state index in [1.54, 1.807) is 6.20 Å². The Kier molecular flexibility index (Phi) is 5.06. The van der Waals surface area contributed by atoms with Crippen LogP contribution in [0.25, 0.3) is 0 Å². The minimum atomic E-state index is 0.198. The van der Waals surface area contributed by atoms with E-state index in [4.69, 9.17) is 17.3 Å². The predicted octanol–water partition coefficient (Wildman–Crippen LogP) is 2.81. The molecule has 0 radical (unpaired) electrons. The quantitative estimate of drug-likeness (QED) is 0.899. The van der Waals surface area contributed by atoms with Gasteiger partial charge in [0.2, 0.25) is 0 Å². The highest BCUT2D eigenvalue weighted by Gasteiger charge is 2.31. The number of thioether (sulfide) groups is 2. The fourth-order valence-electron chi connectivity index (χ4n) is 2.23. The van der Waals surface area contributed by atoms with Gasteiger partial charge in [0.25, 0.3) is 0 Å². The Bertz CT molecular complexity index is 416. The smallest absolute Gasteiger partial charge is 0.128 e. The van der Waals surface area contributed by atoms with Crippen LogP contribution in [0.15, 0.2) is 12.3 Å². The molecule has 1 aromatic heterocycles. The van der Waals surface area contributed by atoms with E-state index in [-0.39, 0.29) is 6.04 Å². The number of halogens is 1. The van der Waals surface area contributed by atoms with Gasteiger partial charge in [-0.2, -0.15) is 23.5 Å². The summed E-state index contributed by atoms with van der Waals surface area (Å²) >= 11 is 10.1. The molecule has 1 aromatic rings. The molecule has 100 valence electrons. The maximum Gasteiger partial charge on any atom is 0.128 e. The molecule has 2 heterocycles. The van der Waals surface area contributed by atoms with Crippen molar-refractivity contribution in [1.29, 1.82) is 0 Å². The minimum absolute atomic E-state index is 0.198. The van der Waals surface area contributed by atoms with Gasteiger partial charge in [0.15, 0.2) is 0 Å². The summed E-state index contributed by atoms with van der Waals surface area (Å²) < 4.78 is 0. The van der Waals surface area contributed by atoms with Crippen molar-refractivity contribution in [2.24, 2.45) is 0 Å². The average Bonchev–Trinajstić information content (AvgIpc) is 2.36. The highest BCUT2D eigenvalue weighted by molar-refractivity contribution is 8.07. The van der Waals surface area contributed by atoms with Crippen molar-refractivity contribution in [3.63, 3.8) is 0 Å². The zero-order valence-corrected chi connectivity index (χ0v) is 12.9. The van der Waals surface area contributed by atoms with Crippen molar-refractivity contribution >= 4 is 40.9 Å². The van der Waals surface area contributed by atoms with Crippen LogP contribution >= 0.6 is 35.1 Å². The van der Waals surface area contributed by atoms with Crippen LogP contribution in [0.4, 0.5) is 5.82 Å². The highest BCUT2D eigenvalue weighted by atomic mass is 35.5. The van der Waals surface area contributed by atoms with Gasteiger partial charge in [-0.25, -0.2) is 4.98 Å². The summed E-state index contributed by atoms with van der Waals surface area (Å²) in [5.74, 6) is 2.98. The van der Waals surface area contributed by atoms with Gasteiger partial charge in [-0.3, -0.25) is 0 Å². The van der Waals surface area contributed by atoms with Gasteiger partial charge < -0.3 is 11.1 Å². The molecule has 6 heteroatoms. The molecule has 0 aromatic carbocycles. The van der Waals surface area contributed by atoms with Crippen molar-refractivity contribution in [1.82, 2.24) is 10.3 Å². The van der Waals surface area contributed by atoms with Crippen molar-refractivity contribution in [2.75, 3.05) is 24.3 Å². The predicted molar refractivity (Wildman–Crippen MR) is 83.6 cm³/mol. The molecule has 2 rings (SSSR count). The topological polar surface area (TPSA) is 50.9 Å². The number of nitrogens with one attached hydrogen (secondary N) is 1. The van der Waals surface area contributed by atoms with Gasteiger partial charge in [-0.1, -0.05) is 18.5 Å². The Balaban J connectivity index is 2.29. The Labute approximate surface area is 122 Å². The molecule has 3 atom stereocenters. The molecule has 3 unspecified atom stereocenters. The van der Waals surface area contributed by atoms with E-state index in [0.29, 0.717) is 21.3 Å². The van der Waals surface area contributed by atoms with Crippen LogP contribution in [0.2, 0.25) is 5.02 Å². The molecular weight excluding hydrogens is 286 g/mol. The third-order valence-electron chi connectivity index (χ3n) is 3.13. The van der Waals surface area contributed by atoms with Crippen LogP contribution in [-0.2, 0) is 0 Å². The maximum atomic E-state index is 6.04. The lowest BCUT2D eigenvalue weighted by molar-refractivity contribution is 0.561. The number of hydrogen-bond acceptors (Lipinski definition) is 5. The Morgan fingerprint density at radius 1 is 1.50 bits per heavy atom. The molecule has 0 aliphatic carbocycles. The molecule has 18 heavy (non-hydrogen) atoms. The zero-order chi connectivity index (χ0) is 13.1. The van der Waals surface area contributed by atoms with Crippen molar-refractivity contribution in [2.45, 2.75) is 23.5 Å². The first-order valence-corrected chi connectivity index (χ1v) is 8.42. The van der Waals surface area contributed by atoms with E-state index in [1.807, 2.05) is 36.6 Å². The number of pyridine rings is 1. The number of nitrogens with zero attached hydrogens (tertiary/aromatic N) is 1. The molecule has 0 spiro atoms. The third kappa shape index (κ3) is 3.07. The van der Waals surface area contributed by atoms with Crippen LogP contribution in [0.1, 0.15) is 18.5 Å². The molecule has 0 saturated carbocycles. The highest BCUT2D eigenvalue weighted by Crippen LogP contribution is 2.39. The van der Waals surface area contributed by atoms with Crippen LogP contribution in [0, 0.1) is 0 Å². The van der Waals surface area contributed by atoms with Gasteiger partial charge >= 0.3 is 0 Å². The number of nitrogens with two attached hydrogens (primary N) is 1. The first-order valence-electron chi connectivity index (χ1n) is 5.95. The summed E-state index contributed by atoms with van der Waals surface area (Å²) in [5.41, 5.74) is 7.00. The van der Waals surface area contributed by atoms with E-state index in [9.17, 15) is 0 Å². The third-order valence-corrected chi connectivity index (χ3v) is 6.53. The van der Waals surface area contributed by atoms with Gasteiger partial charge in [-0.05, 0) is 13.1 Å². The van der Waals surface area contributed by atoms with Crippen LogP contribution in [-0.4, -0.2) is 34.0 Å². The molecule has 0 amide bonds. The molecule has 1 aliphatic rings. The van der Waals surface area contributed by atoms with Crippen LogP contribution < -0.4 is 11.1 Å². The number of nitrogen functional groups attached to an aromatic ring is 1. The maximum absolute atomic E-state index is 6.04. The fraction of sp³-hybridized carbons (Fsp3) is 0.583. The number of hydrogen-bond donors (Lipinski definition) is 2. The molecule has 3 N–H and O–H groups in total. The van der Waals surface area contributed by atoms with E-state index < -0.39 is 0 Å². The number of aromatic nitrogens is 1. The van der Waals surface area contributed by atoms with Gasteiger partial charge in [-0.15, -0.1) is 0 Å². The van der Waals surface area contributed by atoms with E-state index in [2.05, 4.69) is 17.2 Å². The second-order valence-corrected chi connectivity index (χ2v) is 7.51. The molecule has 0 bridgehead atoms. The van der Waals surface area contributed by atoms with Crippen LogP contribution in [0.5, 0.6) is 0 Å². The normalized spacial score (nSPS) is 25.9. The average molecular weight is 304 g/mol. The van der Waals surface area contributed by atoms with Gasteiger partial charge in [0, 0.05) is 39.8 Å². The molecule has 1 aliphatic heterocycles. The SMILES string of the molecule is CNC(c1cc(Cl)cnc1N)C1SCCSC1C. The van der Waals surface area contributed by atoms with Crippen LogP contribution in [0.3, 0.4) is 0 Å². The second kappa shape index (κ2) is 6.37. The minimum Gasteiger partial charge on any atom is -0.383 e. The van der Waals surface area contributed by atoms with E-state index in [1.165, 1.54) is 11.5 Å². The first kappa shape index (κ1) is 14.3. The number of anilines is 1. The summed E-state index contributed by atoms with van der Waals surface area (Å²) in [7, 11) is 1.97. The largest absolute Gasteiger partial charge is 0.383 e. The monoisotopic (exact) mass is 303 g/mol.